The molecular formula is C25H24N2O. The summed E-state index contributed by atoms with van der Waals surface area (Å²) in [6, 6.07) is 25.2. The molecule has 140 valence electrons. The van der Waals surface area contributed by atoms with Crippen LogP contribution in [0.1, 0.15) is 34.2 Å². The van der Waals surface area contributed by atoms with Gasteiger partial charge in [-0.1, -0.05) is 72.8 Å². The molecule has 1 aliphatic heterocycles. The Hall–Kier alpha value is -3.33. The van der Waals surface area contributed by atoms with Gasteiger partial charge in [0.1, 0.15) is 6.61 Å². The van der Waals surface area contributed by atoms with Gasteiger partial charge in [-0.15, -0.1) is 0 Å². The maximum atomic E-state index is 5.54. The molecule has 0 unspecified atom stereocenters. The molecular weight excluding hydrogens is 344 g/mol. The van der Waals surface area contributed by atoms with Crippen molar-refractivity contribution in [3.63, 3.8) is 0 Å². The number of hydrogen-bond acceptors (Lipinski definition) is 3. The fraction of sp³-hybridized carbons (Fsp3) is 0.160. The van der Waals surface area contributed by atoms with Gasteiger partial charge in [0, 0.05) is 5.56 Å². The fourth-order valence-electron chi connectivity index (χ4n) is 3.51. The Bertz CT molecular complexity index is 983. The second-order valence-electron chi connectivity index (χ2n) is 6.99. The lowest BCUT2D eigenvalue weighted by molar-refractivity contribution is 0.282. The Balaban J connectivity index is 0.000000177. The zero-order valence-corrected chi connectivity index (χ0v) is 15.8. The molecule has 1 heterocycles. The molecule has 0 amide bonds. The van der Waals surface area contributed by atoms with Crippen LogP contribution >= 0.6 is 0 Å². The summed E-state index contributed by atoms with van der Waals surface area (Å²) in [5.41, 5.74) is 12.9. The van der Waals surface area contributed by atoms with Crippen molar-refractivity contribution < 1.29 is 4.74 Å². The molecule has 0 atom stereocenters. The van der Waals surface area contributed by atoms with Crippen molar-refractivity contribution in [3.05, 3.63) is 101 Å². The maximum absolute atomic E-state index is 5.54. The van der Waals surface area contributed by atoms with Gasteiger partial charge < -0.3 is 10.5 Å². The summed E-state index contributed by atoms with van der Waals surface area (Å²) >= 11 is 0. The van der Waals surface area contributed by atoms with E-state index in [1.165, 1.54) is 24.8 Å². The van der Waals surface area contributed by atoms with Gasteiger partial charge in [-0.3, -0.25) is 0 Å². The van der Waals surface area contributed by atoms with Crippen LogP contribution in [0.4, 0.5) is 5.69 Å². The van der Waals surface area contributed by atoms with Crippen LogP contribution in [0.5, 0.6) is 0 Å². The smallest absolute Gasteiger partial charge is 0.287 e. The lowest BCUT2D eigenvalue weighted by atomic mass is 10.1. The fourth-order valence-corrected chi connectivity index (χ4v) is 3.51. The number of benzene rings is 3. The van der Waals surface area contributed by atoms with E-state index in [1.54, 1.807) is 11.1 Å². The Morgan fingerprint density at radius 1 is 0.750 bits per heavy atom. The first kappa shape index (κ1) is 18.1. The summed E-state index contributed by atoms with van der Waals surface area (Å²) in [5.74, 6) is 0. The van der Waals surface area contributed by atoms with Crippen LogP contribution in [0.2, 0.25) is 0 Å². The van der Waals surface area contributed by atoms with Crippen molar-refractivity contribution in [2.24, 2.45) is 10.7 Å². The predicted octanol–water partition coefficient (Wildman–Crippen LogP) is 5.51. The van der Waals surface area contributed by atoms with Crippen LogP contribution in [0, 0.1) is 0 Å². The number of nitrogens with two attached hydrogens (primary N) is 1. The highest BCUT2D eigenvalue weighted by Crippen LogP contribution is 2.25. The Morgan fingerprint density at radius 3 is 2.18 bits per heavy atom. The quantitative estimate of drug-likeness (QED) is 0.606. The number of rotatable bonds is 2. The summed E-state index contributed by atoms with van der Waals surface area (Å²) in [4.78, 5) is 4.15. The van der Waals surface area contributed by atoms with E-state index in [4.69, 9.17) is 10.5 Å². The second-order valence-corrected chi connectivity index (χ2v) is 6.99. The van der Waals surface area contributed by atoms with Gasteiger partial charge >= 0.3 is 0 Å². The van der Waals surface area contributed by atoms with E-state index in [2.05, 4.69) is 59.6 Å². The SMILES string of the molecule is NC1=Nc2ccc(/C=C/c3ccccc3)cc2CO1.c1ccc2c(c1)CCC2. The first-order valence-electron chi connectivity index (χ1n) is 9.68. The first-order valence-corrected chi connectivity index (χ1v) is 9.68. The van der Waals surface area contributed by atoms with Gasteiger partial charge in [0.05, 0.1) is 5.69 Å². The third-order valence-electron chi connectivity index (χ3n) is 4.99. The van der Waals surface area contributed by atoms with Crippen molar-refractivity contribution in [2.75, 3.05) is 0 Å². The number of hydrogen-bond donors (Lipinski definition) is 1. The number of ether oxygens (including phenoxy) is 1. The molecule has 0 aromatic heterocycles. The highest BCUT2D eigenvalue weighted by Gasteiger charge is 2.10. The minimum absolute atomic E-state index is 0.236. The standard InChI is InChI=1S/C16H14N2O.C9H10/c17-16-18-15-9-8-13(10-14(15)11-19-16)7-6-12-4-2-1-3-5-12;1-2-5-9-7-3-6-8(9)4-1/h1-10H,11H2,(H2,17,18);1-2,4-5H,3,6-7H2/b7-6+;. The number of nitrogens with zero attached hydrogens (tertiary/aromatic N) is 1. The minimum Gasteiger partial charge on any atom is -0.460 e. The lowest BCUT2D eigenvalue weighted by Gasteiger charge is -2.14. The lowest BCUT2D eigenvalue weighted by Crippen LogP contribution is -2.18. The van der Waals surface area contributed by atoms with Gasteiger partial charge in [0.2, 0.25) is 0 Å². The molecule has 3 heteroatoms. The zero-order chi connectivity index (χ0) is 19.2. The van der Waals surface area contributed by atoms with E-state index in [1.807, 2.05) is 30.3 Å². The molecule has 5 rings (SSSR count). The normalized spacial score (nSPS) is 14.4. The molecule has 3 aromatic carbocycles. The predicted molar refractivity (Wildman–Crippen MR) is 116 cm³/mol. The van der Waals surface area contributed by atoms with Gasteiger partial charge in [0.25, 0.3) is 6.02 Å². The van der Waals surface area contributed by atoms with Gasteiger partial charge in [-0.2, -0.15) is 4.99 Å². The van der Waals surface area contributed by atoms with Crippen molar-refractivity contribution in [3.8, 4) is 0 Å². The summed E-state index contributed by atoms with van der Waals surface area (Å²) in [6.45, 7) is 0.484. The average molecular weight is 368 g/mol. The summed E-state index contributed by atoms with van der Waals surface area (Å²) in [5, 5.41) is 0. The maximum Gasteiger partial charge on any atom is 0.287 e. The molecule has 0 radical (unpaired) electrons. The molecule has 2 aliphatic rings. The van der Waals surface area contributed by atoms with Crippen molar-refractivity contribution in [2.45, 2.75) is 25.9 Å². The Morgan fingerprint density at radius 2 is 1.43 bits per heavy atom. The molecule has 0 fully saturated rings. The van der Waals surface area contributed by atoms with E-state index in [9.17, 15) is 0 Å². The largest absolute Gasteiger partial charge is 0.460 e. The van der Waals surface area contributed by atoms with E-state index in [0.29, 0.717) is 6.61 Å². The Kier molecular flexibility index (Phi) is 5.53. The number of aryl methyl sites for hydroxylation is 2. The third-order valence-corrected chi connectivity index (χ3v) is 4.99. The molecule has 28 heavy (non-hydrogen) atoms. The summed E-state index contributed by atoms with van der Waals surface area (Å²) in [7, 11) is 0. The van der Waals surface area contributed by atoms with E-state index < -0.39 is 0 Å². The molecule has 0 spiro atoms. The van der Waals surface area contributed by atoms with Crippen LogP contribution in [0.3, 0.4) is 0 Å². The van der Waals surface area contributed by atoms with Gasteiger partial charge in [0.15, 0.2) is 0 Å². The van der Waals surface area contributed by atoms with E-state index >= 15 is 0 Å². The van der Waals surface area contributed by atoms with Crippen LogP contribution in [0.15, 0.2) is 77.8 Å². The van der Waals surface area contributed by atoms with E-state index in [0.717, 1.165) is 16.8 Å². The summed E-state index contributed by atoms with van der Waals surface area (Å²) in [6.07, 6.45) is 8.13. The van der Waals surface area contributed by atoms with Crippen molar-refractivity contribution in [1.29, 1.82) is 0 Å². The van der Waals surface area contributed by atoms with Crippen LogP contribution in [-0.4, -0.2) is 6.02 Å². The highest BCUT2D eigenvalue weighted by atomic mass is 16.5. The molecule has 0 saturated carbocycles. The minimum atomic E-state index is 0.236. The molecule has 0 bridgehead atoms. The number of aliphatic imine (C=N–C) groups is 1. The Labute approximate surface area is 166 Å². The molecule has 1 aliphatic carbocycles. The van der Waals surface area contributed by atoms with Gasteiger partial charge in [-0.25, -0.2) is 0 Å². The van der Waals surface area contributed by atoms with Crippen LogP contribution < -0.4 is 5.73 Å². The monoisotopic (exact) mass is 368 g/mol. The molecule has 3 nitrogen and oxygen atoms in total. The van der Waals surface area contributed by atoms with Crippen LogP contribution in [-0.2, 0) is 24.2 Å². The summed E-state index contributed by atoms with van der Waals surface area (Å²) < 4.78 is 5.23. The van der Waals surface area contributed by atoms with Crippen LogP contribution in [0.25, 0.3) is 12.2 Å². The zero-order valence-electron chi connectivity index (χ0n) is 15.8. The number of fused-ring (bicyclic) bond motifs is 2. The van der Waals surface area contributed by atoms with Crippen molar-refractivity contribution in [1.82, 2.24) is 0 Å². The van der Waals surface area contributed by atoms with Crippen molar-refractivity contribution >= 4 is 23.9 Å². The van der Waals surface area contributed by atoms with Gasteiger partial charge in [-0.05, 0) is 53.6 Å². The third kappa shape index (κ3) is 4.49. The number of amidine groups is 1. The first-order chi connectivity index (χ1) is 13.8. The molecule has 0 saturated heterocycles. The topological polar surface area (TPSA) is 47.6 Å². The molecule has 3 aromatic rings. The highest BCUT2D eigenvalue weighted by molar-refractivity contribution is 5.79. The van der Waals surface area contributed by atoms with E-state index in [-0.39, 0.29) is 6.02 Å². The second kappa shape index (κ2) is 8.57. The molecule has 2 N–H and O–H groups in total. The average Bonchev–Trinajstić information content (AvgIpc) is 3.22.